The van der Waals surface area contributed by atoms with Crippen molar-refractivity contribution in [2.75, 3.05) is 0 Å². The van der Waals surface area contributed by atoms with Crippen LogP contribution in [0, 0.1) is 0 Å². The van der Waals surface area contributed by atoms with E-state index in [1.54, 1.807) is 0 Å². The highest BCUT2D eigenvalue weighted by molar-refractivity contribution is 5.86. The minimum Gasteiger partial charge on any atom is -0.476 e. The van der Waals surface area contributed by atoms with E-state index in [0.29, 0.717) is 12.2 Å². The average molecular weight is 277 g/mol. The fraction of sp³-hybridized carbons (Fsp3) is 0.545. The van der Waals surface area contributed by atoms with Crippen molar-refractivity contribution in [1.82, 2.24) is 29.8 Å². The molecule has 1 aliphatic heterocycles. The smallest absolute Gasteiger partial charge is 0.358 e. The second-order valence-corrected chi connectivity index (χ2v) is 4.69. The van der Waals surface area contributed by atoms with Gasteiger partial charge in [-0.25, -0.2) is 9.48 Å². The molecule has 2 aromatic rings. The first-order valence-corrected chi connectivity index (χ1v) is 6.47. The molecule has 0 aliphatic carbocycles. The van der Waals surface area contributed by atoms with Gasteiger partial charge in [0.15, 0.2) is 11.5 Å². The number of aryl methyl sites for hydroxylation is 1. The highest BCUT2D eigenvalue weighted by Gasteiger charge is 2.21. The van der Waals surface area contributed by atoms with Crippen molar-refractivity contribution >= 4 is 5.97 Å². The largest absolute Gasteiger partial charge is 0.476 e. The monoisotopic (exact) mass is 277 g/mol. The van der Waals surface area contributed by atoms with Crippen LogP contribution >= 0.6 is 0 Å². The van der Waals surface area contributed by atoms with Gasteiger partial charge in [0.05, 0.1) is 5.69 Å². The Bertz CT molecular complexity index is 645. The number of aromatic carboxylic acids is 1. The fourth-order valence-corrected chi connectivity index (χ4v) is 2.45. The van der Waals surface area contributed by atoms with Crippen LogP contribution in [0.1, 0.15) is 40.7 Å². The van der Waals surface area contributed by atoms with Gasteiger partial charge in [-0.3, -0.25) is 0 Å². The summed E-state index contributed by atoms with van der Waals surface area (Å²) in [7, 11) is 0. The molecule has 1 aliphatic rings. The molecule has 0 spiro atoms. The molecular formula is C11H15N7O2. The standard InChI is InChI=1S/C11H15N7O2/c12-5-7-10(11(19)20)15-16-18(7)6-9-14-13-8-3-1-2-4-17(8)9/h1-6,12H2,(H,19,20). The Kier molecular flexibility index (Phi) is 3.18. The molecule has 0 atom stereocenters. The maximum atomic E-state index is 11.0. The van der Waals surface area contributed by atoms with Crippen LogP contribution in [0.2, 0.25) is 0 Å². The second-order valence-electron chi connectivity index (χ2n) is 4.69. The molecule has 9 nitrogen and oxygen atoms in total. The quantitative estimate of drug-likeness (QED) is 0.765. The Labute approximate surface area is 114 Å². The Hall–Kier alpha value is -2.29. The van der Waals surface area contributed by atoms with Crippen molar-refractivity contribution < 1.29 is 9.90 Å². The number of rotatable bonds is 4. The van der Waals surface area contributed by atoms with E-state index in [-0.39, 0.29) is 12.2 Å². The van der Waals surface area contributed by atoms with Gasteiger partial charge in [0, 0.05) is 19.5 Å². The molecule has 0 unspecified atom stereocenters. The third-order valence-electron chi connectivity index (χ3n) is 3.46. The van der Waals surface area contributed by atoms with Crippen molar-refractivity contribution in [3.8, 4) is 0 Å². The Morgan fingerprint density at radius 2 is 2.15 bits per heavy atom. The molecule has 0 bridgehead atoms. The molecule has 3 N–H and O–H groups in total. The SMILES string of the molecule is NCc1c(C(=O)O)nnn1Cc1nnc2n1CCCC2. The number of hydrogen-bond acceptors (Lipinski definition) is 6. The van der Waals surface area contributed by atoms with Gasteiger partial charge in [-0.05, 0) is 12.8 Å². The van der Waals surface area contributed by atoms with Gasteiger partial charge in [-0.1, -0.05) is 5.21 Å². The summed E-state index contributed by atoms with van der Waals surface area (Å²) < 4.78 is 3.54. The van der Waals surface area contributed by atoms with E-state index in [2.05, 4.69) is 25.1 Å². The second kappa shape index (κ2) is 5.00. The van der Waals surface area contributed by atoms with Gasteiger partial charge in [-0.2, -0.15) is 0 Å². The summed E-state index contributed by atoms with van der Waals surface area (Å²) in [5.41, 5.74) is 5.88. The van der Waals surface area contributed by atoms with Crippen LogP contribution in [0.3, 0.4) is 0 Å². The average Bonchev–Trinajstić information content (AvgIpc) is 3.04. The van der Waals surface area contributed by atoms with Gasteiger partial charge in [-0.15, -0.1) is 15.3 Å². The summed E-state index contributed by atoms with van der Waals surface area (Å²) >= 11 is 0. The molecule has 3 heterocycles. The molecule has 9 heteroatoms. The van der Waals surface area contributed by atoms with Crippen LogP contribution in [0.25, 0.3) is 0 Å². The summed E-state index contributed by atoms with van der Waals surface area (Å²) in [5.74, 6) is 0.607. The van der Waals surface area contributed by atoms with Crippen molar-refractivity contribution in [3.05, 3.63) is 23.0 Å². The zero-order chi connectivity index (χ0) is 14.1. The third kappa shape index (κ3) is 2.05. The topological polar surface area (TPSA) is 125 Å². The molecule has 0 aromatic carbocycles. The van der Waals surface area contributed by atoms with Crippen LogP contribution < -0.4 is 5.73 Å². The number of fused-ring (bicyclic) bond motifs is 1. The number of carboxylic acids is 1. The number of hydrogen-bond donors (Lipinski definition) is 2. The van der Waals surface area contributed by atoms with Gasteiger partial charge >= 0.3 is 5.97 Å². The number of carbonyl (C=O) groups is 1. The van der Waals surface area contributed by atoms with E-state index in [9.17, 15) is 4.79 Å². The molecule has 20 heavy (non-hydrogen) atoms. The predicted octanol–water partition coefficient (Wildman–Crippen LogP) is -0.589. The zero-order valence-electron chi connectivity index (χ0n) is 10.9. The summed E-state index contributed by atoms with van der Waals surface area (Å²) in [4.78, 5) is 11.0. The molecule has 2 aromatic heterocycles. The van der Waals surface area contributed by atoms with Gasteiger partial charge < -0.3 is 15.4 Å². The lowest BCUT2D eigenvalue weighted by atomic mass is 10.2. The minimum absolute atomic E-state index is 0.0651. The lowest BCUT2D eigenvalue weighted by Crippen LogP contribution is -2.18. The number of nitrogens with two attached hydrogens (primary N) is 1. The van der Waals surface area contributed by atoms with E-state index in [4.69, 9.17) is 10.8 Å². The maximum Gasteiger partial charge on any atom is 0.358 e. The summed E-state index contributed by atoms with van der Waals surface area (Å²) in [6.07, 6.45) is 3.15. The third-order valence-corrected chi connectivity index (χ3v) is 3.46. The number of aromatic nitrogens is 6. The highest BCUT2D eigenvalue weighted by Crippen LogP contribution is 2.15. The van der Waals surface area contributed by atoms with E-state index >= 15 is 0 Å². The fourth-order valence-electron chi connectivity index (χ4n) is 2.45. The summed E-state index contributed by atoms with van der Waals surface area (Å²) in [6.45, 7) is 1.28. The molecule has 106 valence electrons. The van der Waals surface area contributed by atoms with Crippen LogP contribution in [0.15, 0.2) is 0 Å². The zero-order valence-corrected chi connectivity index (χ0v) is 10.9. The van der Waals surface area contributed by atoms with Crippen molar-refractivity contribution in [3.63, 3.8) is 0 Å². The van der Waals surface area contributed by atoms with Crippen LogP contribution in [0.4, 0.5) is 0 Å². The first kappa shape index (κ1) is 12.7. The molecule has 3 rings (SSSR count). The van der Waals surface area contributed by atoms with Gasteiger partial charge in [0.1, 0.15) is 12.4 Å². The number of carboxylic acid groups (broad SMARTS) is 1. The number of nitrogens with zero attached hydrogens (tertiary/aromatic N) is 6. The first-order chi connectivity index (χ1) is 9.70. The van der Waals surface area contributed by atoms with E-state index < -0.39 is 5.97 Å². The minimum atomic E-state index is -1.13. The Morgan fingerprint density at radius 1 is 1.30 bits per heavy atom. The Balaban J connectivity index is 1.92. The van der Waals surface area contributed by atoms with E-state index in [0.717, 1.165) is 37.5 Å². The lowest BCUT2D eigenvalue weighted by Gasteiger charge is -2.14. The van der Waals surface area contributed by atoms with Crippen LogP contribution in [-0.2, 0) is 26.1 Å². The van der Waals surface area contributed by atoms with E-state index in [1.807, 2.05) is 0 Å². The van der Waals surface area contributed by atoms with Crippen LogP contribution in [-0.4, -0.2) is 40.8 Å². The maximum absolute atomic E-state index is 11.0. The van der Waals surface area contributed by atoms with Gasteiger partial charge in [0.25, 0.3) is 0 Å². The molecule has 0 fully saturated rings. The lowest BCUT2D eigenvalue weighted by molar-refractivity contribution is 0.0689. The van der Waals surface area contributed by atoms with Crippen LogP contribution in [0.5, 0.6) is 0 Å². The molecular weight excluding hydrogens is 262 g/mol. The molecule has 0 radical (unpaired) electrons. The summed E-state index contributed by atoms with van der Waals surface area (Å²) in [6, 6.07) is 0. The van der Waals surface area contributed by atoms with Gasteiger partial charge in [0.2, 0.25) is 0 Å². The van der Waals surface area contributed by atoms with E-state index in [1.165, 1.54) is 4.68 Å². The first-order valence-electron chi connectivity index (χ1n) is 6.47. The molecule has 0 saturated heterocycles. The molecule has 0 amide bonds. The van der Waals surface area contributed by atoms with Crippen molar-refractivity contribution in [1.29, 1.82) is 0 Å². The predicted molar refractivity (Wildman–Crippen MR) is 66.9 cm³/mol. The highest BCUT2D eigenvalue weighted by atomic mass is 16.4. The van der Waals surface area contributed by atoms with Crippen molar-refractivity contribution in [2.45, 2.75) is 38.9 Å². The summed E-state index contributed by atoms with van der Waals surface area (Å²) in [5, 5.41) is 24.8. The Morgan fingerprint density at radius 3 is 2.90 bits per heavy atom. The normalized spacial score (nSPS) is 14.2. The van der Waals surface area contributed by atoms with Crippen molar-refractivity contribution in [2.24, 2.45) is 5.73 Å². The molecule has 0 saturated carbocycles.